The molecule has 0 spiro atoms. The molecule has 0 aliphatic carbocycles. The molecule has 6 heteroatoms. The summed E-state index contributed by atoms with van der Waals surface area (Å²) in [5.74, 6) is -0.379. The fraction of sp³-hybridized carbons (Fsp3) is 0.214. The van der Waals surface area contributed by atoms with Gasteiger partial charge in [-0.15, -0.1) is 0 Å². The van der Waals surface area contributed by atoms with Gasteiger partial charge in [0.1, 0.15) is 5.56 Å². The molecular weight excluding hydrogens is 369 g/mol. The Morgan fingerprint density at radius 2 is 2.30 bits per heavy atom. The summed E-state index contributed by atoms with van der Waals surface area (Å²) in [5, 5.41) is 2.72. The Morgan fingerprint density at radius 1 is 1.50 bits per heavy atom. The third-order valence-electron chi connectivity index (χ3n) is 2.84. The lowest BCUT2D eigenvalue weighted by atomic mass is 10.2. The van der Waals surface area contributed by atoms with Gasteiger partial charge in [-0.3, -0.25) is 14.6 Å². The molecule has 0 aliphatic heterocycles. The van der Waals surface area contributed by atoms with Gasteiger partial charge in [0.05, 0.1) is 0 Å². The number of H-pyrrole nitrogens is 1. The second kappa shape index (κ2) is 6.65. The van der Waals surface area contributed by atoms with Crippen LogP contribution in [0.5, 0.6) is 0 Å². The van der Waals surface area contributed by atoms with Gasteiger partial charge in [-0.25, -0.2) is 0 Å². The smallest absolute Gasteiger partial charge is 0.261 e. The van der Waals surface area contributed by atoms with Gasteiger partial charge >= 0.3 is 0 Å². The van der Waals surface area contributed by atoms with Gasteiger partial charge in [-0.05, 0) is 46.7 Å². The van der Waals surface area contributed by atoms with Crippen LogP contribution in [0.15, 0.2) is 35.4 Å². The first kappa shape index (κ1) is 14.7. The Hall–Kier alpha value is -1.70. The topological polar surface area (TPSA) is 74.8 Å². The Balaban J connectivity index is 2.14. The van der Waals surface area contributed by atoms with E-state index in [1.54, 1.807) is 24.5 Å². The van der Waals surface area contributed by atoms with Crippen LogP contribution in [0.3, 0.4) is 0 Å². The predicted molar refractivity (Wildman–Crippen MR) is 84.6 cm³/mol. The van der Waals surface area contributed by atoms with Gasteiger partial charge in [0.25, 0.3) is 11.5 Å². The van der Waals surface area contributed by atoms with Crippen molar-refractivity contribution in [2.24, 2.45) is 0 Å². The largest absolute Gasteiger partial charge is 0.348 e. The van der Waals surface area contributed by atoms with Gasteiger partial charge in [0.15, 0.2) is 0 Å². The van der Waals surface area contributed by atoms with Crippen molar-refractivity contribution in [1.82, 2.24) is 15.3 Å². The van der Waals surface area contributed by atoms with Crippen LogP contribution in [0, 0.1) is 3.57 Å². The minimum Gasteiger partial charge on any atom is -0.348 e. The fourth-order valence-corrected chi connectivity index (χ4v) is 2.58. The monoisotopic (exact) mass is 383 g/mol. The third kappa shape index (κ3) is 3.44. The minimum absolute atomic E-state index is 0.135. The van der Waals surface area contributed by atoms with E-state index in [1.165, 1.54) is 0 Å². The van der Waals surface area contributed by atoms with Crippen LogP contribution in [0.2, 0.25) is 0 Å². The summed E-state index contributed by atoms with van der Waals surface area (Å²) in [7, 11) is 0. The van der Waals surface area contributed by atoms with Gasteiger partial charge in [-0.1, -0.05) is 13.0 Å². The number of aromatic amines is 1. The highest BCUT2D eigenvalue weighted by atomic mass is 127. The zero-order valence-corrected chi connectivity index (χ0v) is 13.1. The van der Waals surface area contributed by atoms with Gasteiger partial charge in [-0.2, -0.15) is 0 Å². The molecule has 0 radical (unpaired) electrons. The highest BCUT2D eigenvalue weighted by molar-refractivity contribution is 14.1. The maximum Gasteiger partial charge on any atom is 0.261 e. The van der Waals surface area contributed by atoms with Crippen molar-refractivity contribution in [3.63, 3.8) is 0 Å². The summed E-state index contributed by atoms with van der Waals surface area (Å²) in [6.45, 7) is 2.30. The highest BCUT2D eigenvalue weighted by Crippen LogP contribution is 2.10. The molecule has 2 N–H and O–H groups in total. The summed E-state index contributed by atoms with van der Waals surface area (Å²) in [6.07, 6.45) is 4.07. The number of hydrogen-bond donors (Lipinski definition) is 2. The van der Waals surface area contributed by atoms with E-state index in [0.717, 1.165) is 21.2 Å². The number of amides is 1. The summed E-state index contributed by atoms with van der Waals surface area (Å²) in [6, 6.07) is 5.28. The first-order valence-corrected chi connectivity index (χ1v) is 7.28. The van der Waals surface area contributed by atoms with E-state index in [2.05, 4.69) is 37.9 Å². The maximum absolute atomic E-state index is 12.0. The number of aromatic nitrogens is 2. The highest BCUT2D eigenvalue weighted by Gasteiger charge is 2.13. The molecular formula is C14H14IN3O2. The average molecular weight is 383 g/mol. The molecule has 0 saturated heterocycles. The normalized spacial score (nSPS) is 10.3. The van der Waals surface area contributed by atoms with Crippen molar-refractivity contribution in [2.45, 2.75) is 19.9 Å². The lowest BCUT2D eigenvalue weighted by Gasteiger charge is -2.07. The van der Waals surface area contributed by atoms with Crippen LogP contribution in [0.25, 0.3) is 0 Å². The summed E-state index contributed by atoms with van der Waals surface area (Å²) < 4.78 is 0.885. The van der Waals surface area contributed by atoms with E-state index < -0.39 is 0 Å². The van der Waals surface area contributed by atoms with Crippen molar-refractivity contribution in [3.05, 3.63) is 61.3 Å². The zero-order valence-electron chi connectivity index (χ0n) is 10.9. The lowest BCUT2D eigenvalue weighted by Crippen LogP contribution is -2.30. The molecule has 2 aromatic heterocycles. The number of carbonyl (C=O) groups is 1. The van der Waals surface area contributed by atoms with Gasteiger partial charge in [0, 0.05) is 28.2 Å². The molecule has 0 saturated carbocycles. The van der Waals surface area contributed by atoms with E-state index >= 15 is 0 Å². The minimum atomic E-state index is -0.379. The molecule has 1 amide bonds. The molecule has 0 fully saturated rings. The molecule has 0 unspecified atom stereocenters. The number of pyridine rings is 2. The zero-order chi connectivity index (χ0) is 14.5. The van der Waals surface area contributed by atoms with Crippen LogP contribution in [0.1, 0.15) is 28.5 Å². The van der Waals surface area contributed by atoms with Crippen LogP contribution >= 0.6 is 22.6 Å². The van der Waals surface area contributed by atoms with E-state index in [1.807, 2.05) is 13.0 Å². The molecule has 2 heterocycles. The number of nitrogens with zero attached hydrogens (tertiary/aromatic N) is 1. The first-order valence-electron chi connectivity index (χ1n) is 6.20. The molecule has 0 aliphatic rings. The molecule has 5 nitrogen and oxygen atoms in total. The number of rotatable bonds is 4. The maximum atomic E-state index is 12.0. The van der Waals surface area contributed by atoms with E-state index in [0.29, 0.717) is 6.54 Å². The fourth-order valence-electron chi connectivity index (χ4n) is 1.75. The van der Waals surface area contributed by atoms with Crippen LogP contribution in [0.4, 0.5) is 0 Å². The summed E-state index contributed by atoms with van der Waals surface area (Å²) in [5.41, 5.74) is 1.51. The molecule has 0 aromatic carbocycles. The van der Waals surface area contributed by atoms with Crippen molar-refractivity contribution in [3.8, 4) is 0 Å². The number of aryl methyl sites for hydroxylation is 1. The van der Waals surface area contributed by atoms with Gasteiger partial charge < -0.3 is 10.3 Å². The van der Waals surface area contributed by atoms with Crippen molar-refractivity contribution in [2.75, 3.05) is 0 Å². The Kier molecular flexibility index (Phi) is 4.89. The van der Waals surface area contributed by atoms with Gasteiger partial charge in [0.2, 0.25) is 0 Å². The quantitative estimate of drug-likeness (QED) is 0.792. The Labute approximate surface area is 130 Å². The number of halogens is 1. The molecule has 0 atom stereocenters. The number of carbonyl (C=O) groups excluding carboxylic acids is 1. The average Bonchev–Trinajstić information content (AvgIpc) is 2.47. The molecule has 20 heavy (non-hydrogen) atoms. The second-order valence-electron chi connectivity index (χ2n) is 4.24. The number of nitrogens with one attached hydrogen (secondary N) is 2. The van der Waals surface area contributed by atoms with E-state index in [9.17, 15) is 9.59 Å². The van der Waals surface area contributed by atoms with Crippen molar-refractivity contribution in [1.29, 1.82) is 0 Å². The third-order valence-corrected chi connectivity index (χ3v) is 3.80. The van der Waals surface area contributed by atoms with Crippen molar-refractivity contribution < 1.29 is 4.79 Å². The standard InChI is InChI=1S/C14H14IN3O2/c1-2-12-11(15)6-10(14(20)18-12)13(19)17-8-9-4-3-5-16-7-9/h3-7H,2,8H2,1H3,(H,17,19)(H,18,20). The van der Waals surface area contributed by atoms with Crippen LogP contribution < -0.4 is 10.9 Å². The molecule has 2 rings (SSSR count). The van der Waals surface area contributed by atoms with E-state index in [4.69, 9.17) is 0 Å². The molecule has 104 valence electrons. The summed E-state index contributed by atoms with van der Waals surface area (Å²) in [4.78, 5) is 30.6. The van der Waals surface area contributed by atoms with Crippen LogP contribution in [-0.4, -0.2) is 15.9 Å². The second-order valence-corrected chi connectivity index (χ2v) is 5.40. The lowest BCUT2D eigenvalue weighted by molar-refractivity contribution is 0.0949. The van der Waals surface area contributed by atoms with Crippen LogP contribution in [-0.2, 0) is 13.0 Å². The predicted octanol–water partition coefficient (Wildman–Crippen LogP) is 1.87. The van der Waals surface area contributed by atoms with Crippen molar-refractivity contribution >= 4 is 28.5 Å². The Bertz CT molecular complexity index is 668. The summed E-state index contributed by atoms with van der Waals surface area (Å²) >= 11 is 2.12. The molecule has 2 aromatic rings. The van der Waals surface area contributed by atoms with E-state index in [-0.39, 0.29) is 17.0 Å². The molecule has 0 bridgehead atoms. The SMILES string of the molecule is CCc1[nH]c(=O)c(C(=O)NCc2cccnc2)cc1I. The Morgan fingerprint density at radius 3 is 2.95 bits per heavy atom. The first-order chi connectivity index (χ1) is 9.61. The number of hydrogen-bond acceptors (Lipinski definition) is 3.